The van der Waals surface area contributed by atoms with Gasteiger partial charge < -0.3 is 15.0 Å². The summed E-state index contributed by atoms with van der Waals surface area (Å²) in [5.74, 6) is -2.19. The number of hydrogen-bond donors (Lipinski definition) is 2. The number of nitrogens with one attached hydrogen (secondary N) is 2. The van der Waals surface area contributed by atoms with E-state index >= 15 is 4.39 Å². The SMILES string of the molecule is CN(C)CCNc1cc(-c2sc(C3CCOCC3)nc2-c2cccc(NS(=O)(=O)c3cc(F)ccc3F)c2F)ccn1. The molecule has 0 radical (unpaired) electrons. The zero-order valence-corrected chi connectivity index (χ0v) is 24.7. The first-order valence-corrected chi connectivity index (χ1v) is 15.6. The Morgan fingerprint density at radius 2 is 1.86 bits per heavy atom. The van der Waals surface area contributed by atoms with Gasteiger partial charge in [0.05, 0.1) is 21.3 Å². The third-order valence-electron chi connectivity index (χ3n) is 6.78. The van der Waals surface area contributed by atoms with Crippen LogP contribution in [0, 0.1) is 17.5 Å². The van der Waals surface area contributed by atoms with Crippen LogP contribution in [0.2, 0.25) is 0 Å². The number of sulfonamides is 1. The highest BCUT2D eigenvalue weighted by Gasteiger charge is 2.27. The van der Waals surface area contributed by atoms with E-state index in [2.05, 4.69) is 15.0 Å². The van der Waals surface area contributed by atoms with Gasteiger partial charge in [0.25, 0.3) is 10.0 Å². The first kappa shape index (κ1) is 30.0. The molecule has 13 heteroatoms. The summed E-state index contributed by atoms with van der Waals surface area (Å²) in [6.07, 6.45) is 3.22. The molecule has 0 atom stereocenters. The minimum atomic E-state index is -4.64. The smallest absolute Gasteiger partial charge is 0.265 e. The van der Waals surface area contributed by atoms with E-state index in [0.29, 0.717) is 48.3 Å². The lowest BCUT2D eigenvalue weighted by molar-refractivity contribution is 0.0853. The van der Waals surface area contributed by atoms with Crippen LogP contribution in [-0.2, 0) is 14.8 Å². The largest absolute Gasteiger partial charge is 0.381 e. The van der Waals surface area contributed by atoms with Crippen molar-refractivity contribution >= 4 is 32.9 Å². The molecule has 1 fully saturated rings. The maximum atomic E-state index is 16.1. The summed E-state index contributed by atoms with van der Waals surface area (Å²) in [7, 11) is -0.686. The molecule has 4 aromatic rings. The summed E-state index contributed by atoms with van der Waals surface area (Å²) in [6.45, 7) is 2.69. The van der Waals surface area contributed by atoms with E-state index in [4.69, 9.17) is 9.72 Å². The fraction of sp³-hybridized carbons (Fsp3) is 0.310. The molecule has 0 aliphatic carbocycles. The highest BCUT2D eigenvalue weighted by Crippen LogP contribution is 2.43. The minimum absolute atomic E-state index is 0.0680. The van der Waals surface area contributed by atoms with Gasteiger partial charge in [-0.3, -0.25) is 4.72 Å². The number of nitrogens with zero attached hydrogens (tertiary/aromatic N) is 3. The number of pyridine rings is 1. The fourth-order valence-corrected chi connectivity index (χ4v) is 6.98. The molecule has 5 rings (SSSR count). The molecule has 3 heterocycles. The van der Waals surface area contributed by atoms with Gasteiger partial charge in [0, 0.05) is 44.0 Å². The van der Waals surface area contributed by atoms with Gasteiger partial charge in [-0.1, -0.05) is 6.07 Å². The quantitative estimate of drug-likeness (QED) is 0.227. The van der Waals surface area contributed by atoms with E-state index in [-0.39, 0.29) is 11.5 Å². The van der Waals surface area contributed by atoms with Crippen molar-refractivity contribution in [3.8, 4) is 21.7 Å². The number of anilines is 2. The van der Waals surface area contributed by atoms with Gasteiger partial charge in [-0.15, -0.1) is 11.3 Å². The molecule has 222 valence electrons. The van der Waals surface area contributed by atoms with Gasteiger partial charge in [-0.25, -0.2) is 31.6 Å². The number of likely N-dealkylation sites (N-methyl/N-ethyl adjacent to an activating group) is 1. The van der Waals surface area contributed by atoms with Crippen LogP contribution < -0.4 is 10.0 Å². The van der Waals surface area contributed by atoms with Crippen molar-refractivity contribution in [1.29, 1.82) is 0 Å². The van der Waals surface area contributed by atoms with Gasteiger partial charge in [-0.05, 0) is 75.0 Å². The molecule has 0 spiro atoms. The molecule has 0 amide bonds. The predicted octanol–water partition coefficient (Wildman–Crippen LogP) is 5.96. The fourth-order valence-electron chi connectivity index (χ4n) is 4.59. The first-order valence-electron chi connectivity index (χ1n) is 13.3. The maximum Gasteiger partial charge on any atom is 0.265 e. The lowest BCUT2D eigenvalue weighted by Crippen LogP contribution is -2.21. The van der Waals surface area contributed by atoms with Crippen LogP contribution in [0.5, 0.6) is 0 Å². The minimum Gasteiger partial charge on any atom is -0.381 e. The first-order chi connectivity index (χ1) is 20.1. The average Bonchev–Trinajstić information content (AvgIpc) is 3.41. The van der Waals surface area contributed by atoms with Crippen molar-refractivity contribution in [2.75, 3.05) is 50.4 Å². The second kappa shape index (κ2) is 12.8. The molecular weight excluding hydrogens is 587 g/mol. The van der Waals surface area contributed by atoms with Gasteiger partial charge in [0.1, 0.15) is 22.3 Å². The molecule has 1 aliphatic heterocycles. The molecule has 8 nitrogen and oxygen atoms in total. The summed E-state index contributed by atoms with van der Waals surface area (Å²) < 4.78 is 77.5. The van der Waals surface area contributed by atoms with Crippen LogP contribution in [0.15, 0.2) is 59.6 Å². The Bertz CT molecular complexity index is 1670. The summed E-state index contributed by atoms with van der Waals surface area (Å²) in [5.41, 5.74) is 0.777. The monoisotopic (exact) mass is 617 g/mol. The standard InChI is InChI=1S/C29H30F3N5O3S2/c1-37(2)13-12-34-25-16-19(8-11-33-25)28-27(35-29(41-28)18-9-14-40-15-10-18)21-4-3-5-23(26(21)32)36-42(38,39)24-17-20(30)6-7-22(24)31/h3-8,11,16-18,36H,9-10,12-15H2,1-2H3,(H,33,34). The molecular formula is C29H30F3N5O3S2. The molecule has 1 aliphatic rings. The molecule has 2 aromatic heterocycles. The van der Waals surface area contributed by atoms with Gasteiger partial charge in [-0.2, -0.15) is 0 Å². The summed E-state index contributed by atoms with van der Waals surface area (Å²) >= 11 is 1.45. The summed E-state index contributed by atoms with van der Waals surface area (Å²) in [4.78, 5) is 11.1. The average molecular weight is 618 g/mol. The summed E-state index contributed by atoms with van der Waals surface area (Å²) in [6, 6.07) is 9.96. The predicted molar refractivity (Wildman–Crippen MR) is 158 cm³/mol. The topological polar surface area (TPSA) is 96.5 Å². The number of aromatic nitrogens is 2. The molecule has 0 unspecified atom stereocenters. The van der Waals surface area contributed by atoms with E-state index in [1.165, 1.54) is 29.5 Å². The van der Waals surface area contributed by atoms with Crippen molar-refractivity contribution < 1.29 is 26.3 Å². The van der Waals surface area contributed by atoms with Gasteiger partial charge in [0.2, 0.25) is 0 Å². The molecule has 0 bridgehead atoms. The molecule has 2 N–H and O–H groups in total. The Kier molecular flexibility index (Phi) is 9.11. The number of hydrogen-bond acceptors (Lipinski definition) is 8. The lowest BCUT2D eigenvalue weighted by atomic mass is 10.0. The van der Waals surface area contributed by atoms with Crippen molar-refractivity contribution in [3.63, 3.8) is 0 Å². The Morgan fingerprint density at radius 3 is 2.62 bits per heavy atom. The second-order valence-electron chi connectivity index (χ2n) is 10.1. The van der Waals surface area contributed by atoms with E-state index in [0.717, 1.165) is 36.0 Å². The van der Waals surface area contributed by atoms with Crippen molar-refractivity contribution in [2.45, 2.75) is 23.7 Å². The van der Waals surface area contributed by atoms with E-state index in [9.17, 15) is 17.2 Å². The maximum absolute atomic E-state index is 16.1. The van der Waals surface area contributed by atoms with E-state index < -0.39 is 38.1 Å². The number of rotatable bonds is 10. The second-order valence-corrected chi connectivity index (χ2v) is 12.8. The normalized spacial score (nSPS) is 14.3. The zero-order chi connectivity index (χ0) is 29.9. The van der Waals surface area contributed by atoms with Crippen molar-refractivity contribution in [3.05, 3.63) is 77.2 Å². The number of thiazole rings is 1. The number of ether oxygens (including phenoxy) is 1. The van der Waals surface area contributed by atoms with Crippen LogP contribution in [0.25, 0.3) is 21.7 Å². The Hall–Kier alpha value is -3.52. The number of benzene rings is 2. The van der Waals surface area contributed by atoms with Crippen LogP contribution in [-0.4, -0.2) is 63.7 Å². The van der Waals surface area contributed by atoms with Gasteiger partial charge >= 0.3 is 0 Å². The lowest BCUT2D eigenvalue weighted by Gasteiger charge is -2.19. The van der Waals surface area contributed by atoms with Crippen molar-refractivity contribution in [1.82, 2.24) is 14.9 Å². The third kappa shape index (κ3) is 6.75. The highest BCUT2D eigenvalue weighted by molar-refractivity contribution is 7.92. The van der Waals surface area contributed by atoms with Crippen LogP contribution in [0.4, 0.5) is 24.7 Å². The Morgan fingerprint density at radius 1 is 1.07 bits per heavy atom. The van der Waals surface area contributed by atoms with Crippen molar-refractivity contribution in [2.24, 2.45) is 0 Å². The zero-order valence-electron chi connectivity index (χ0n) is 23.0. The molecule has 0 saturated carbocycles. The molecule has 42 heavy (non-hydrogen) atoms. The van der Waals surface area contributed by atoms with Crippen LogP contribution >= 0.6 is 11.3 Å². The Balaban J connectivity index is 1.55. The van der Waals surface area contributed by atoms with Crippen LogP contribution in [0.1, 0.15) is 23.8 Å². The Labute approximate surface area is 246 Å². The highest BCUT2D eigenvalue weighted by atomic mass is 32.2. The number of halogens is 3. The molecule has 2 aromatic carbocycles. The summed E-state index contributed by atoms with van der Waals surface area (Å²) in [5, 5.41) is 4.12. The van der Waals surface area contributed by atoms with E-state index in [1.54, 1.807) is 6.20 Å². The third-order valence-corrected chi connectivity index (χ3v) is 9.43. The van der Waals surface area contributed by atoms with Crippen LogP contribution in [0.3, 0.4) is 0 Å². The molecule has 1 saturated heterocycles. The van der Waals surface area contributed by atoms with E-state index in [1.807, 2.05) is 31.1 Å². The van der Waals surface area contributed by atoms with Gasteiger partial charge in [0.15, 0.2) is 5.82 Å².